The van der Waals surface area contributed by atoms with E-state index in [1.165, 1.54) is 12.8 Å². The van der Waals surface area contributed by atoms with Gasteiger partial charge >= 0.3 is 0 Å². The smallest absolute Gasteiger partial charge is 0.291 e. The van der Waals surface area contributed by atoms with Gasteiger partial charge in [-0.05, 0) is 71.7 Å². The van der Waals surface area contributed by atoms with Crippen LogP contribution in [0.1, 0.15) is 34.7 Å². The highest BCUT2D eigenvalue weighted by Gasteiger charge is 2.16. The summed E-state index contributed by atoms with van der Waals surface area (Å²) in [5, 5.41) is 7.17. The summed E-state index contributed by atoms with van der Waals surface area (Å²) < 4.78 is 8.51. The summed E-state index contributed by atoms with van der Waals surface area (Å²) >= 11 is 3.39. The Morgan fingerprint density at radius 1 is 1.19 bits per heavy atom. The Morgan fingerprint density at radius 2 is 2.04 bits per heavy atom. The minimum atomic E-state index is -0.235. The van der Waals surface area contributed by atoms with Crippen LogP contribution in [0.5, 0.6) is 0 Å². The first-order valence-corrected chi connectivity index (χ1v) is 9.84. The molecule has 0 radical (unpaired) electrons. The van der Waals surface area contributed by atoms with Crippen molar-refractivity contribution in [2.45, 2.75) is 25.9 Å². The molecule has 140 valence electrons. The first-order chi connectivity index (χ1) is 13.2. The monoisotopic (exact) mass is 428 g/mol. The third-order valence-corrected chi connectivity index (χ3v) is 5.00. The number of halogens is 1. The van der Waals surface area contributed by atoms with Crippen molar-refractivity contribution in [3.8, 4) is 0 Å². The predicted octanol–water partition coefficient (Wildman–Crippen LogP) is 4.14. The standard InChI is InChI=1S/C20H21BrN4O2/c21-16-11-22-25(13-16)12-15-4-3-5-17(10-15)23-20(26)19-7-6-18(27-19)14-24-8-1-2-9-24/h3-7,10-11,13H,1-2,8-9,12,14H2,(H,23,26). The molecule has 2 aromatic heterocycles. The zero-order chi connectivity index (χ0) is 18.6. The first-order valence-electron chi connectivity index (χ1n) is 9.05. The molecule has 0 spiro atoms. The maximum Gasteiger partial charge on any atom is 0.291 e. The van der Waals surface area contributed by atoms with Crippen LogP contribution < -0.4 is 5.32 Å². The highest BCUT2D eigenvalue weighted by Crippen LogP contribution is 2.18. The minimum absolute atomic E-state index is 0.235. The first kappa shape index (κ1) is 18.0. The maximum absolute atomic E-state index is 12.5. The number of carbonyl (C=O) groups is 1. The number of anilines is 1. The molecule has 27 heavy (non-hydrogen) atoms. The molecule has 1 fully saturated rings. The lowest BCUT2D eigenvalue weighted by molar-refractivity contribution is 0.0993. The lowest BCUT2D eigenvalue weighted by atomic mass is 10.2. The van der Waals surface area contributed by atoms with E-state index in [1.54, 1.807) is 12.3 Å². The quantitative estimate of drug-likeness (QED) is 0.640. The largest absolute Gasteiger partial charge is 0.455 e. The predicted molar refractivity (Wildman–Crippen MR) is 107 cm³/mol. The van der Waals surface area contributed by atoms with E-state index in [2.05, 4.69) is 31.2 Å². The molecule has 1 amide bonds. The van der Waals surface area contributed by atoms with Crippen LogP contribution in [0.3, 0.4) is 0 Å². The van der Waals surface area contributed by atoms with Gasteiger partial charge in [0, 0.05) is 11.9 Å². The van der Waals surface area contributed by atoms with Crippen molar-refractivity contribution in [1.29, 1.82) is 0 Å². The zero-order valence-electron chi connectivity index (χ0n) is 14.9. The van der Waals surface area contributed by atoms with Crippen LogP contribution in [0.2, 0.25) is 0 Å². The van der Waals surface area contributed by atoms with Gasteiger partial charge in [0.25, 0.3) is 5.91 Å². The van der Waals surface area contributed by atoms with Crippen LogP contribution >= 0.6 is 15.9 Å². The van der Waals surface area contributed by atoms with Crippen LogP contribution in [0.4, 0.5) is 5.69 Å². The van der Waals surface area contributed by atoms with Crippen molar-refractivity contribution in [3.63, 3.8) is 0 Å². The van der Waals surface area contributed by atoms with Gasteiger partial charge in [0.15, 0.2) is 5.76 Å². The van der Waals surface area contributed by atoms with Crippen LogP contribution in [0.15, 0.2) is 57.7 Å². The molecular formula is C20H21BrN4O2. The van der Waals surface area contributed by atoms with E-state index in [0.29, 0.717) is 12.3 Å². The molecule has 0 aliphatic carbocycles. The minimum Gasteiger partial charge on any atom is -0.455 e. The number of benzene rings is 1. The molecule has 0 atom stereocenters. The van der Waals surface area contributed by atoms with Gasteiger partial charge in [-0.2, -0.15) is 5.10 Å². The van der Waals surface area contributed by atoms with E-state index in [1.807, 2.05) is 41.2 Å². The Balaban J connectivity index is 1.39. The van der Waals surface area contributed by atoms with Crippen molar-refractivity contribution >= 4 is 27.5 Å². The second-order valence-electron chi connectivity index (χ2n) is 6.76. The Morgan fingerprint density at radius 3 is 2.81 bits per heavy atom. The second-order valence-corrected chi connectivity index (χ2v) is 7.68. The molecule has 0 saturated carbocycles. The van der Waals surface area contributed by atoms with Gasteiger partial charge in [0.05, 0.1) is 23.8 Å². The average Bonchev–Trinajstić information content (AvgIpc) is 3.39. The molecule has 1 aliphatic heterocycles. The zero-order valence-corrected chi connectivity index (χ0v) is 16.5. The molecule has 1 saturated heterocycles. The van der Waals surface area contributed by atoms with Crippen LogP contribution in [0.25, 0.3) is 0 Å². The van der Waals surface area contributed by atoms with Crippen molar-refractivity contribution in [2.75, 3.05) is 18.4 Å². The van der Waals surface area contributed by atoms with Crippen molar-refractivity contribution in [1.82, 2.24) is 14.7 Å². The fraction of sp³-hybridized carbons (Fsp3) is 0.300. The van der Waals surface area contributed by atoms with E-state index >= 15 is 0 Å². The van der Waals surface area contributed by atoms with Gasteiger partial charge < -0.3 is 9.73 Å². The number of nitrogens with one attached hydrogen (secondary N) is 1. The highest BCUT2D eigenvalue weighted by atomic mass is 79.9. The lowest BCUT2D eigenvalue weighted by Gasteiger charge is -2.11. The van der Waals surface area contributed by atoms with Crippen LogP contribution in [-0.2, 0) is 13.1 Å². The lowest BCUT2D eigenvalue weighted by Crippen LogP contribution is -2.18. The number of hydrogen-bond acceptors (Lipinski definition) is 4. The molecule has 1 aliphatic rings. The number of hydrogen-bond donors (Lipinski definition) is 1. The topological polar surface area (TPSA) is 63.3 Å². The fourth-order valence-corrected chi connectivity index (χ4v) is 3.63. The number of aromatic nitrogens is 2. The SMILES string of the molecule is O=C(Nc1cccc(Cn2cc(Br)cn2)c1)c1ccc(CN2CCCC2)o1. The maximum atomic E-state index is 12.5. The van der Waals surface area contributed by atoms with Crippen molar-refractivity contribution < 1.29 is 9.21 Å². The Bertz CT molecular complexity index is 927. The summed E-state index contributed by atoms with van der Waals surface area (Å²) in [7, 11) is 0. The molecule has 7 heteroatoms. The summed E-state index contributed by atoms with van der Waals surface area (Å²) in [6.07, 6.45) is 6.14. The summed E-state index contributed by atoms with van der Waals surface area (Å²) in [4.78, 5) is 14.8. The van der Waals surface area contributed by atoms with E-state index in [-0.39, 0.29) is 5.91 Å². The van der Waals surface area contributed by atoms with E-state index in [4.69, 9.17) is 4.42 Å². The number of likely N-dealkylation sites (tertiary alicyclic amines) is 1. The van der Waals surface area contributed by atoms with Gasteiger partial charge in [-0.1, -0.05) is 12.1 Å². The van der Waals surface area contributed by atoms with Gasteiger partial charge in [-0.3, -0.25) is 14.4 Å². The van der Waals surface area contributed by atoms with Crippen molar-refractivity contribution in [3.05, 3.63) is 70.3 Å². The van der Waals surface area contributed by atoms with Gasteiger partial charge in [-0.15, -0.1) is 0 Å². The van der Waals surface area contributed by atoms with Crippen molar-refractivity contribution in [2.24, 2.45) is 0 Å². The highest BCUT2D eigenvalue weighted by molar-refractivity contribution is 9.10. The summed E-state index contributed by atoms with van der Waals surface area (Å²) in [5.74, 6) is 0.937. The Kier molecular flexibility index (Phi) is 5.40. The van der Waals surface area contributed by atoms with E-state index in [9.17, 15) is 4.79 Å². The number of amides is 1. The summed E-state index contributed by atoms with van der Waals surface area (Å²) in [6, 6.07) is 11.4. The Labute approximate surface area is 166 Å². The summed E-state index contributed by atoms with van der Waals surface area (Å²) in [5.41, 5.74) is 1.79. The Hall–Kier alpha value is -2.38. The molecular weight excluding hydrogens is 408 g/mol. The number of nitrogens with zero attached hydrogens (tertiary/aromatic N) is 3. The fourth-order valence-electron chi connectivity index (χ4n) is 3.30. The number of rotatable bonds is 6. The number of carbonyl (C=O) groups excluding carboxylic acids is 1. The van der Waals surface area contributed by atoms with Gasteiger partial charge in [0.2, 0.25) is 0 Å². The second kappa shape index (κ2) is 8.10. The molecule has 6 nitrogen and oxygen atoms in total. The molecule has 4 rings (SSSR count). The van der Waals surface area contributed by atoms with Crippen LogP contribution in [0, 0.1) is 0 Å². The van der Waals surface area contributed by atoms with E-state index in [0.717, 1.165) is 41.1 Å². The average molecular weight is 429 g/mol. The molecule has 0 bridgehead atoms. The molecule has 1 N–H and O–H groups in total. The molecule has 0 unspecified atom stereocenters. The van der Waals surface area contributed by atoms with Crippen LogP contribution in [-0.4, -0.2) is 33.7 Å². The molecule has 3 aromatic rings. The molecule has 3 heterocycles. The van der Waals surface area contributed by atoms with Gasteiger partial charge in [0.1, 0.15) is 5.76 Å². The molecule has 1 aromatic carbocycles. The summed E-state index contributed by atoms with van der Waals surface area (Å²) in [6.45, 7) is 3.60. The van der Waals surface area contributed by atoms with Gasteiger partial charge in [-0.25, -0.2) is 0 Å². The third kappa shape index (κ3) is 4.67. The third-order valence-electron chi connectivity index (χ3n) is 4.59. The van der Waals surface area contributed by atoms with E-state index < -0.39 is 0 Å². The number of furan rings is 1. The normalized spacial score (nSPS) is 14.6.